The standard InChI is InChI=1S/C10H17N3O3/c1-8-9(7-12(2)11-8)10(16)13(3-5-14)4-6-15/h7,14-15H,3-6H2,1-2H3. The fourth-order valence-corrected chi connectivity index (χ4v) is 1.54. The third-order valence-corrected chi connectivity index (χ3v) is 2.27. The molecule has 0 unspecified atom stereocenters. The van der Waals surface area contributed by atoms with E-state index >= 15 is 0 Å². The van der Waals surface area contributed by atoms with Crippen LogP contribution >= 0.6 is 0 Å². The van der Waals surface area contributed by atoms with Gasteiger partial charge in [-0.05, 0) is 6.92 Å². The Bertz CT molecular complexity index is 356. The van der Waals surface area contributed by atoms with Crippen molar-refractivity contribution < 1.29 is 15.0 Å². The number of aromatic nitrogens is 2. The number of nitrogens with zero attached hydrogens (tertiary/aromatic N) is 3. The minimum absolute atomic E-state index is 0.120. The molecule has 6 heteroatoms. The Kier molecular flexibility index (Phi) is 4.45. The Morgan fingerprint density at radius 3 is 2.38 bits per heavy atom. The summed E-state index contributed by atoms with van der Waals surface area (Å²) in [6.45, 7) is 1.95. The highest BCUT2D eigenvalue weighted by Crippen LogP contribution is 2.08. The van der Waals surface area contributed by atoms with Crippen LogP contribution < -0.4 is 0 Å². The number of carbonyl (C=O) groups is 1. The SMILES string of the molecule is Cc1nn(C)cc1C(=O)N(CCO)CCO. The molecule has 2 N–H and O–H groups in total. The number of rotatable bonds is 5. The van der Waals surface area contributed by atoms with E-state index < -0.39 is 0 Å². The normalized spacial score (nSPS) is 10.5. The zero-order valence-electron chi connectivity index (χ0n) is 9.55. The molecule has 6 nitrogen and oxygen atoms in total. The van der Waals surface area contributed by atoms with Crippen molar-refractivity contribution in [2.24, 2.45) is 7.05 Å². The molecule has 0 aliphatic heterocycles. The average Bonchev–Trinajstić information content (AvgIpc) is 2.56. The molecule has 1 aromatic rings. The molecule has 0 aliphatic rings. The Morgan fingerprint density at radius 2 is 2.00 bits per heavy atom. The van der Waals surface area contributed by atoms with Crippen molar-refractivity contribution in [3.8, 4) is 0 Å². The summed E-state index contributed by atoms with van der Waals surface area (Å²) in [5.41, 5.74) is 1.15. The van der Waals surface area contributed by atoms with Crippen LogP contribution in [-0.2, 0) is 7.05 Å². The van der Waals surface area contributed by atoms with Crippen molar-refractivity contribution in [1.29, 1.82) is 0 Å². The minimum atomic E-state index is -0.214. The maximum atomic E-state index is 12.0. The molecule has 16 heavy (non-hydrogen) atoms. The fourth-order valence-electron chi connectivity index (χ4n) is 1.54. The predicted octanol–water partition coefficient (Wildman–Crippen LogP) is -0.845. The van der Waals surface area contributed by atoms with E-state index in [1.54, 1.807) is 24.9 Å². The van der Waals surface area contributed by atoms with Gasteiger partial charge in [0.2, 0.25) is 0 Å². The number of aliphatic hydroxyl groups is 2. The Balaban J connectivity index is 2.85. The van der Waals surface area contributed by atoms with E-state index in [-0.39, 0.29) is 32.2 Å². The summed E-state index contributed by atoms with van der Waals surface area (Å²) >= 11 is 0. The van der Waals surface area contributed by atoms with Crippen molar-refractivity contribution in [3.05, 3.63) is 17.5 Å². The monoisotopic (exact) mass is 227 g/mol. The summed E-state index contributed by atoms with van der Waals surface area (Å²) < 4.78 is 1.57. The lowest BCUT2D eigenvalue weighted by atomic mass is 10.2. The molecule has 1 aromatic heterocycles. The Hall–Kier alpha value is -1.40. The van der Waals surface area contributed by atoms with E-state index in [0.717, 1.165) is 0 Å². The van der Waals surface area contributed by atoms with Crippen molar-refractivity contribution >= 4 is 5.91 Å². The predicted molar refractivity (Wildman–Crippen MR) is 58.0 cm³/mol. The van der Waals surface area contributed by atoms with Crippen LogP contribution in [0.25, 0.3) is 0 Å². The van der Waals surface area contributed by atoms with Crippen molar-refractivity contribution in [3.63, 3.8) is 0 Å². The molecule has 90 valence electrons. The molecule has 0 bridgehead atoms. The molecule has 1 rings (SSSR count). The van der Waals surface area contributed by atoms with Crippen LogP contribution in [0, 0.1) is 6.92 Å². The zero-order valence-corrected chi connectivity index (χ0v) is 9.55. The first-order valence-corrected chi connectivity index (χ1v) is 5.11. The van der Waals surface area contributed by atoms with Gasteiger partial charge in [-0.1, -0.05) is 0 Å². The van der Waals surface area contributed by atoms with Crippen LogP contribution in [0.1, 0.15) is 16.1 Å². The van der Waals surface area contributed by atoms with Gasteiger partial charge in [0.1, 0.15) is 0 Å². The topological polar surface area (TPSA) is 78.6 Å². The summed E-state index contributed by atoms with van der Waals surface area (Å²) in [5.74, 6) is -0.214. The molecule has 0 spiro atoms. The third kappa shape index (κ3) is 2.80. The second-order valence-electron chi connectivity index (χ2n) is 3.54. The molecule has 0 radical (unpaired) electrons. The number of hydrogen-bond acceptors (Lipinski definition) is 4. The van der Waals surface area contributed by atoms with Crippen LogP contribution in [0.5, 0.6) is 0 Å². The lowest BCUT2D eigenvalue weighted by molar-refractivity contribution is 0.0684. The molecule has 0 fully saturated rings. The first kappa shape index (κ1) is 12.7. The fraction of sp³-hybridized carbons (Fsp3) is 0.600. The summed E-state index contributed by atoms with van der Waals surface area (Å²) in [5, 5.41) is 21.8. The van der Waals surface area contributed by atoms with Gasteiger partial charge in [-0.3, -0.25) is 9.48 Å². The first-order chi connectivity index (χ1) is 7.60. The summed E-state index contributed by atoms with van der Waals surface area (Å²) in [6, 6.07) is 0. The van der Waals surface area contributed by atoms with Crippen LogP contribution in [0.2, 0.25) is 0 Å². The lowest BCUT2D eigenvalue weighted by Gasteiger charge is -2.20. The van der Waals surface area contributed by atoms with Gasteiger partial charge in [-0.2, -0.15) is 5.10 Å². The second kappa shape index (κ2) is 5.62. The van der Waals surface area contributed by atoms with Crippen LogP contribution in [0.3, 0.4) is 0 Å². The third-order valence-electron chi connectivity index (χ3n) is 2.27. The van der Waals surface area contributed by atoms with Gasteiger partial charge >= 0.3 is 0 Å². The number of amides is 1. The molecule has 1 amide bonds. The highest BCUT2D eigenvalue weighted by molar-refractivity contribution is 5.95. The number of hydrogen-bond donors (Lipinski definition) is 2. The molecule has 1 heterocycles. The zero-order chi connectivity index (χ0) is 12.1. The molecule has 0 saturated heterocycles. The number of aryl methyl sites for hydroxylation is 2. The van der Waals surface area contributed by atoms with Crippen LogP contribution in [0.15, 0.2) is 6.20 Å². The Labute approximate surface area is 94.1 Å². The summed E-state index contributed by atoms with van der Waals surface area (Å²) in [7, 11) is 1.74. The van der Waals surface area contributed by atoms with E-state index in [1.807, 2.05) is 0 Å². The van der Waals surface area contributed by atoms with Gasteiger partial charge in [0.25, 0.3) is 5.91 Å². The van der Waals surface area contributed by atoms with E-state index in [4.69, 9.17) is 10.2 Å². The highest BCUT2D eigenvalue weighted by Gasteiger charge is 2.18. The van der Waals surface area contributed by atoms with E-state index in [9.17, 15) is 4.79 Å². The lowest BCUT2D eigenvalue weighted by Crippen LogP contribution is -2.36. The van der Waals surface area contributed by atoms with Gasteiger partial charge in [0.15, 0.2) is 0 Å². The van der Waals surface area contributed by atoms with Gasteiger partial charge in [0, 0.05) is 26.3 Å². The Morgan fingerprint density at radius 1 is 1.44 bits per heavy atom. The average molecular weight is 227 g/mol. The van der Waals surface area contributed by atoms with E-state index in [2.05, 4.69) is 5.10 Å². The van der Waals surface area contributed by atoms with Gasteiger partial charge in [-0.15, -0.1) is 0 Å². The van der Waals surface area contributed by atoms with Gasteiger partial charge < -0.3 is 15.1 Å². The molecular weight excluding hydrogens is 210 g/mol. The van der Waals surface area contributed by atoms with Crippen molar-refractivity contribution in [2.45, 2.75) is 6.92 Å². The van der Waals surface area contributed by atoms with E-state index in [0.29, 0.717) is 11.3 Å². The van der Waals surface area contributed by atoms with Crippen molar-refractivity contribution in [2.75, 3.05) is 26.3 Å². The molecule has 0 atom stereocenters. The highest BCUT2D eigenvalue weighted by atomic mass is 16.3. The summed E-state index contributed by atoms with van der Waals surface area (Å²) in [6.07, 6.45) is 1.64. The largest absolute Gasteiger partial charge is 0.395 e. The molecule has 0 aliphatic carbocycles. The first-order valence-electron chi connectivity index (χ1n) is 5.11. The smallest absolute Gasteiger partial charge is 0.257 e. The summed E-state index contributed by atoms with van der Waals surface area (Å²) in [4.78, 5) is 13.4. The quantitative estimate of drug-likeness (QED) is 0.687. The maximum absolute atomic E-state index is 12.0. The number of carbonyl (C=O) groups excluding carboxylic acids is 1. The van der Waals surface area contributed by atoms with Gasteiger partial charge in [-0.25, -0.2) is 0 Å². The second-order valence-corrected chi connectivity index (χ2v) is 3.54. The van der Waals surface area contributed by atoms with Crippen LogP contribution in [0.4, 0.5) is 0 Å². The maximum Gasteiger partial charge on any atom is 0.257 e. The van der Waals surface area contributed by atoms with Crippen molar-refractivity contribution in [1.82, 2.24) is 14.7 Å². The van der Waals surface area contributed by atoms with Crippen LogP contribution in [-0.4, -0.2) is 57.1 Å². The van der Waals surface area contributed by atoms with Gasteiger partial charge in [0.05, 0.1) is 24.5 Å². The molecule has 0 saturated carbocycles. The minimum Gasteiger partial charge on any atom is -0.395 e. The molecule has 0 aromatic carbocycles. The van der Waals surface area contributed by atoms with E-state index in [1.165, 1.54) is 4.90 Å². The molecular formula is C10H17N3O3. The number of aliphatic hydroxyl groups excluding tert-OH is 2.